The van der Waals surface area contributed by atoms with Crippen LogP contribution in [0.2, 0.25) is 0 Å². The summed E-state index contributed by atoms with van der Waals surface area (Å²) in [6, 6.07) is 6.10. The maximum absolute atomic E-state index is 14.1. The SMILES string of the molecule is Cn1nc(-c2cccc3ncn(C)c23)c(C(F)(F)F)c1C(=O)Nc1ccnc(C(F)(F)F)c1. The van der Waals surface area contributed by atoms with Crippen molar-refractivity contribution >= 4 is 22.6 Å². The molecule has 3 aromatic heterocycles. The van der Waals surface area contributed by atoms with Crippen molar-refractivity contribution in [2.75, 3.05) is 5.32 Å². The van der Waals surface area contributed by atoms with Gasteiger partial charge in [0.25, 0.3) is 5.91 Å². The second kappa shape index (κ2) is 7.60. The van der Waals surface area contributed by atoms with E-state index < -0.39 is 40.9 Å². The van der Waals surface area contributed by atoms with E-state index in [1.807, 2.05) is 0 Å². The van der Waals surface area contributed by atoms with E-state index in [-0.39, 0.29) is 11.3 Å². The Bertz CT molecular complexity index is 1370. The number of amides is 1. The monoisotopic (exact) mass is 468 g/mol. The first-order valence-electron chi connectivity index (χ1n) is 9.27. The lowest BCUT2D eigenvalue weighted by molar-refractivity contribution is -0.141. The molecule has 7 nitrogen and oxygen atoms in total. The summed E-state index contributed by atoms with van der Waals surface area (Å²) in [7, 11) is 2.75. The van der Waals surface area contributed by atoms with Gasteiger partial charge in [0.2, 0.25) is 0 Å². The molecule has 0 atom stereocenters. The maximum Gasteiger partial charge on any atom is 0.433 e. The Hall–Kier alpha value is -3.90. The summed E-state index contributed by atoms with van der Waals surface area (Å²) in [6.07, 6.45) is -7.56. The van der Waals surface area contributed by atoms with Gasteiger partial charge in [0, 0.05) is 31.5 Å². The molecule has 1 aromatic carbocycles. The first-order chi connectivity index (χ1) is 15.4. The van der Waals surface area contributed by atoms with Gasteiger partial charge in [-0.25, -0.2) is 4.98 Å². The highest BCUT2D eigenvalue weighted by atomic mass is 19.4. The number of rotatable bonds is 3. The fourth-order valence-corrected chi connectivity index (χ4v) is 3.50. The zero-order chi connectivity index (χ0) is 24.1. The fourth-order valence-electron chi connectivity index (χ4n) is 3.50. The molecule has 4 aromatic rings. The summed E-state index contributed by atoms with van der Waals surface area (Å²) in [4.78, 5) is 20.1. The molecule has 0 saturated carbocycles. The topological polar surface area (TPSA) is 77.6 Å². The lowest BCUT2D eigenvalue weighted by Crippen LogP contribution is -2.21. The van der Waals surface area contributed by atoms with E-state index in [2.05, 4.69) is 20.4 Å². The van der Waals surface area contributed by atoms with E-state index in [0.717, 1.165) is 24.0 Å². The minimum atomic E-state index is -4.99. The van der Waals surface area contributed by atoms with Crippen molar-refractivity contribution in [2.24, 2.45) is 14.1 Å². The number of benzene rings is 1. The van der Waals surface area contributed by atoms with Gasteiger partial charge in [-0.3, -0.25) is 14.5 Å². The van der Waals surface area contributed by atoms with Crippen LogP contribution in [0.5, 0.6) is 0 Å². The molecule has 0 aliphatic rings. The first kappa shape index (κ1) is 22.3. The Kier molecular flexibility index (Phi) is 5.14. The molecule has 0 unspecified atom stereocenters. The highest BCUT2D eigenvalue weighted by molar-refractivity contribution is 6.06. The highest BCUT2D eigenvalue weighted by Crippen LogP contribution is 2.41. The summed E-state index contributed by atoms with van der Waals surface area (Å²) >= 11 is 0. The number of nitrogens with zero attached hydrogens (tertiary/aromatic N) is 5. The molecule has 0 aliphatic carbocycles. The first-order valence-corrected chi connectivity index (χ1v) is 9.27. The van der Waals surface area contributed by atoms with Crippen LogP contribution in [0.4, 0.5) is 32.0 Å². The molecule has 1 N–H and O–H groups in total. The number of imidazole rings is 1. The van der Waals surface area contributed by atoms with E-state index >= 15 is 0 Å². The van der Waals surface area contributed by atoms with Crippen LogP contribution in [0, 0.1) is 0 Å². The van der Waals surface area contributed by atoms with Crippen molar-refractivity contribution in [3.8, 4) is 11.3 Å². The van der Waals surface area contributed by atoms with Crippen LogP contribution in [0.1, 0.15) is 21.7 Å². The number of nitrogens with one attached hydrogen (secondary N) is 1. The lowest BCUT2D eigenvalue weighted by atomic mass is 10.0. The van der Waals surface area contributed by atoms with Crippen molar-refractivity contribution in [1.29, 1.82) is 0 Å². The van der Waals surface area contributed by atoms with E-state index in [1.165, 1.54) is 23.0 Å². The molecule has 0 fully saturated rings. The van der Waals surface area contributed by atoms with E-state index in [9.17, 15) is 31.1 Å². The summed E-state index contributed by atoms with van der Waals surface area (Å²) in [5.41, 5.74) is -3.46. The summed E-state index contributed by atoms with van der Waals surface area (Å²) in [5, 5.41) is 6.02. The predicted molar refractivity (Wildman–Crippen MR) is 105 cm³/mol. The molecule has 1 amide bonds. The normalized spacial score (nSPS) is 12.4. The maximum atomic E-state index is 14.1. The van der Waals surface area contributed by atoms with Gasteiger partial charge >= 0.3 is 12.4 Å². The molecule has 0 saturated heterocycles. The number of pyridine rings is 1. The molecule has 0 aliphatic heterocycles. The zero-order valence-electron chi connectivity index (χ0n) is 17.0. The van der Waals surface area contributed by atoms with Gasteiger partial charge in [-0.2, -0.15) is 31.4 Å². The van der Waals surface area contributed by atoms with E-state index in [1.54, 1.807) is 13.1 Å². The number of aryl methyl sites for hydroxylation is 2. The number of hydrogen-bond donors (Lipinski definition) is 1. The van der Waals surface area contributed by atoms with Crippen LogP contribution in [0.25, 0.3) is 22.3 Å². The van der Waals surface area contributed by atoms with Crippen molar-refractivity contribution < 1.29 is 31.1 Å². The highest BCUT2D eigenvalue weighted by Gasteiger charge is 2.42. The van der Waals surface area contributed by atoms with Gasteiger partial charge in [-0.1, -0.05) is 12.1 Å². The van der Waals surface area contributed by atoms with Crippen molar-refractivity contribution in [1.82, 2.24) is 24.3 Å². The lowest BCUT2D eigenvalue weighted by Gasteiger charge is -2.12. The zero-order valence-corrected chi connectivity index (χ0v) is 17.0. The Labute approximate surface area is 181 Å². The van der Waals surface area contributed by atoms with Crippen molar-refractivity contribution in [3.63, 3.8) is 0 Å². The molecule has 33 heavy (non-hydrogen) atoms. The van der Waals surface area contributed by atoms with Crippen LogP contribution in [0.15, 0.2) is 42.9 Å². The van der Waals surface area contributed by atoms with E-state index in [0.29, 0.717) is 17.1 Å². The van der Waals surface area contributed by atoms with Gasteiger partial charge in [-0.15, -0.1) is 0 Å². The Morgan fingerprint density at radius 3 is 2.39 bits per heavy atom. The second-order valence-electron chi connectivity index (χ2n) is 7.10. The average Bonchev–Trinajstić information content (AvgIpc) is 3.28. The molecule has 0 bridgehead atoms. The number of halogens is 6. The van der Waals surface area contributed by atoms with Gasteiger partial charge < -0.3 is 9.88 Å². The van der Waals surface area contributed by atoms with Gasteiger partial charge in [0.15, 0.2) is 0 Å². The number of carbonyl (C=O) groups excluding carboxylic acids is 1. The van der Waals surface area contributed by atoms with Crippen molar-refractivity contribution in [2.45, 2.75) is 12.4 Å². The van der Waals surface area contributed by atoms with Crippen molar-refractivity contribution in [3.05, 3.63) is 59.8 Å². The third-order valence-electron chi connectivity index (χ3n) is 4.85. The number of alkyl halides is 6. The van der Waals surface area contributed by atoms with Crippen LogP contribution >= 0.6 is 0 Å². The molecule has 3 heterocycles. The number of fused-ring (bicyclic) bond motifs is 1. The summed E-state index contributed by atoms with van der Waals surface area (Å²) in [6.45, 7) is 0. The molecule has 172 valence electrons. The second-order valence-corrected chi connectivity index (χ2v) is 7.10. The largest absolute Gasteiger partial charge is 0.433 e. The quantitative estimate of drug-likeness (QED) is 0.444. The van der Waals surface area contributed by atoms with Gasteiger partial charge in [0.05, 0.1) is 17.4 Å². The molecule has 0 radical (unpaired) electrons. The fraction of sp³-hybridized carbons (Fsp3) is 0.200. The number of para-hydroxylation sites is 1. The Morgan fingerprint density at radius 2 is 1.73 bits per heavy atom. The third kappa shape index (κ3) is 4.01. The molecule has 0 spiro atoms. The molecular weight excluding hydrogens is 454 g/mol. The summed E-state index contributed by atoms with van der Waals surface area (Å²) < 4.78 is 83.4. The number of hydrogen-bond acceptors (Lipinski definition) is 4. The standard InChI is InChI=1S/C20H14F6N6O/c1-31-9-28-12-5-3-4-11(16(12)31)15-14(20(24,25)26)17(32(2)30-15)18(33)29-10-6-7-27-13(8-10)19(21,22)23/h3-9H,1-2H3,(H,27,29,33). The number of carbonyl (C=O) groups is 1. The molecule has 13 heteroatoms. The Morgan fingerprint density at radius 1 is 1.00 bits per heavy atom. The average molecular weight is 468 g/mol. The number of anilines is 1. The summed E-state index contributed by atoms with van der Waals surface area (Å²) in [5.74, 6) is -1.28. The molecule has 4 rings (SSSR count). The smallest absolute Gasteiger partial charge is 0.333 e. The van der Waals surface area contributed by atoms with Crippen LogP contribution in [0.3, 0.4) is 0 Å². The van der Waals surface area contributed by atoms with Gasteiger partial charge in [0.1, 0.15) is 22.6 Å². The predicted octanol–water partition coefficient (Wildman–Crippen LogP) is 4.66. The van der Waals surface area contributed by atoms with E-state index in [4.69, 9.17) is 0 Å². The molecular formula is C20H14F6N6O. The Balaban J connectivity index is 1.84. The minimum absolute atomic E-state index is 0.0951. The minimum Gasteiger partial charge on any atom is -0.333 e. The van der Waals surface area contributed by atoms with Crippen LogP contribution < -0.4 is 5.32 Å². The number of aromatic nitrogens is 5. The van der Waals surface area contributed by atoms with Gasteiger partial charge in [-0.05, 0) is 18.2 Å². The van der Waals surface area contributed by atoms with Crippen LogP contribution in [-0.4, -0.2) is 30.2 Å². The van der Waals surface area contributed by atoms with Crippen LogP contribution in [-0.2, 0) is 26.4 Å². The third-order valence-corrected chi connectivity index (χ3v) is 4.85.